The van der Waals surface area contributed by atoms with Gasteiger partial charge in [-0.1, -0.05) is 19.3 Å². The first-order chi connectivity index (χ1) is 10.7. The lowest BCUT2D eigenvalue weighted by atomic mass is 9.89. The first-order valence-corrected chi connectivity index (χ1v) is 8.87. The number of carbonyl (C=O) groups is 1. The first-order valence-electron chi connectivity index (χ1n) is 8.87. The summed E-state index contributed by atoms with van der Waals surface area (Å²) in [6, 6.07) is 3.87. The summed E-state index contributed by atoms with van der Waals surface area (Å²) in [6.07, 6.45) is 10.1. The van der Waals surface area contributed by atoms with Crippen molar-refractivity contribution in [3.05, 3.63) is 24.0 Å². The minimum Gasteiger partial charge on any atom is -0.347 e. The molecule has 1 aromatic rings. The molecule has 1 saturated carbocycles. The molecule has 0 atom stereocenters. The van der Waals surface area contributed by atoms with E-state index in [0.29, 0.717) is 0 Å². The highest BCUT2D eigenvalue weighted by Crippen LogP contribution is 2.24. The van der Waals surface area contributed by atoms with Crippen LogP contribution >= 0.6 is 0 Å². The Labute approximate surface area is 134 Å². The molecule has 2 aliphatic rings. The third kappa shape index (κ3) is 3.72. The fourth-order valence-electron chi connectivity index (χ4n) is 3.94. The maximum atomic E-state index is 12.6. The van der Waals surface area contributed by atoms with Crippen molar-refractivity contribution in [1.82, 2.24) is 14.4 Å². The van der Waals surface area contributed by atoms with E-state index in [0.717, 1.165) is 44.2 Å². The van der Waals surface area contributed by atoms with E-state index in [2.05, 4.69) is 4.90 Å². The van der Waals surface area contributed by atoms with Crippen molar-refractivity contribution in [2.45, 2.75) is 38.5 Å². The van der Waals surface area contributed by atoms with E-state index < -0.39 is 0 Å². The Morgan fingerprint density at radius 3 is 2.64 bits per heavy atom. The molecule has 3 rings (SSSR count). The lowest BCUT2D eigenvalue weighted by molar-refractivity contribution is 0.0750. The number of carbonyl (C=O) groups excluding carboxylic acids is 1. The summed E-state index contributed by atoms with van der Waals surface area (Å²) in [4.78, 5) is 17.2. The fourth-order valence-corrected chi connectivity index (χ4v) is 3.94. The third-order valence-electron chi connectivity index (χ3n) is 5.28. The molecule has 0 radical (unpaired) electrons. The molecule has 0 unspecified atom stereocenters. The number of hydrogen-bond acceptors (Lipinski definition) is 2. The van der Waals surface area contributed by atoms with Crippen molar-refractivity contribution in [2.24, 2.45) is 13.0 Å². The van der Waals surface area contributed by atoms with Crippen LogP contribution < -0.4 is 0 Å². The second-order valence-corrected chi connectivity index (χ2v) is 6.95. The molecule has 1 amide bonds. The zero-order valence-electron chi connectivity index (χ0n) is 13.8. The van der Waals surface area contributed by atoms with Crippen LogP contribution in [0.15, 0.2) is 18.3 Å². The lowest BCUT2D eigenvalue weighted by Gasteiger charge is -2.28. The second-order valence-electron chi connectivity index (χ2n) is 6.95. The molecule has 1 aliphatic heterocycles. The Morgan fingerprint density at radius 2 is 1.91 bits per heavy atom. The van der Waals surface area contributed by atoms with Crippen LogP contribution in [0.2, 0.25) is 0 Å². The van der Waals surface area contributed by atoms with Crippen LogP contribution in [0.5, 0.6) is 0 Å². The van der Waals surface area contributed by atoms with E-state index in [1.165, 1.54) is 38.6 Å². The van der Waals surface area contributed by atoms with Gasteiger partial charge in [-0.3, -0.25) is 4.79 Å². The van der Waals surface area contributed by atoms with Gasteiger partial charge in [0.05, 0.1) is 0 Å². The molecule has 1 aliphatic carbocycles. The summed E-state index contributed by atoms with van der Waals surface area (Å²) in [6.45, 7) is 5.19. The average molecular weight is 303 g/mol. The van der Waals surface area contributed by atoms with Gasteiger partial charge in [-0.2, -0.15) is 0 Å². The van der Waals surface area contributed by atoms with Crippen molar-refractivity contribution in [2.75, 3.05) is 32.7 Å². The van der Waals surface area contributed by atoms with E-state index in [9.17, 15) is 4.79 Å². The van der Waals surface area contributed by atoms with Gasteiger partial charge in [0, 0.05) is 39.4 Å². The number of aromatic nitrogens is 1. The van der Waals surface area contributed by atoms with Crippen LogP contribution in [0.1, 0.15) is 49.0 Å². The Bertz CT molecular complexity index is 490. The molecule has 22 heavy (non-hydrogen) atoms. The summed E-state index contributed by atoms with van der Waals surface area (Å²) >= 11 is 0. The summed E-state index contributed by atoms with van der Waals surface area (Å²) < 4.78 is 1.92. The zero-order valence-corrected chi connectivity index (χ0v) is 13.8. The van der Waals surface area contributed by atoms with Gasteiger partial charge in [-0.15, -0.1) is 0 Å². The van der Waals surface area contributed by atoms with Crippen molar-refractivity contribution in [1.29, 1.82) is 0 Å². The summed E-state index contributed by atoms with van der Waals surface area (Å²) in [5, 5.41) is 0. The molecule has 0 bridgehead atoms. The maximum Gasteiger partial charge on any atom is 0.270 e. The number of amides is 1. The van der Waals surface area contributed by atoms with Crippen LogP contribution in [0.4, 0.5) is 0 Å². The molecule has 1 aromatic heterocycles. The largest absolute Gasteiger partial charge is 0.347 e. The summed E-state index contributed by atoms with van der Waals surface area (Å²) in [5.41, 5.74) is 0.806. The molecule has 122 valence electrons. The molecule has 4 heteroatoms. The fraction of sp³-hybridized carbons (Fsp3) is 0.722. The van der Waals surface area contributed by atoms with Gasteiger partial charge in [-0.25, -0.2) is 0 Å². The smallest absolute Gasteiger partial charge is 0.270 e. The van der Waals surface area contributed by atoms with Crippen LogP contribution in [0, 0.1) is 5.92 Å². The molecule has 2 heterocycles. The monoisotopic (exact) mass is 303 g/mol. The van der Waals surface area contributed by atoms with Crippen molar-refractivity contribution in [3.63, 3.8) is 0 Å². The van der Waals surface area contributed by atoms with Crippen LogP contribution in [-0.4, -0.2) is 53.0 Å². The Morgan fingerprint density at radius 1 is 1.09 bits per heavy atom. The molecule has 0 aromatic carbocycles. The predicted molar refractivity (Wildman–Crippen MR) is 88.9 cm³/mol. The minimum atomic E-state index is 0.187. The van der Waals surface area contributed by atoms with Gasteiger partial charge in [0.15, 0.2) is 0 Å². The number of rotatable bonds is 3. The van der Waals surface area contributed by atoms with E-state index in [1.54, 1.807) is 0 Å². The number of hydrogen-bond donors (Lipinski definition) is 0. The van der Waals surface area contributed by atoms with Gasteiger partial charge >= 0.3 is 0 Å². The molecule has 1 saturated heterocycles. The zero-order chi connectivity index (χ0) is 15.4. The first kappa shape index (κ1) is 15.6. The van der Waals surface area contributed by atoms with Gasteiger partial charge < -0.3 is 14.4 Å². The second kappa shape index (κ2) is 7.32. The van der Waals surface area contributed by atoms with E-state index in [4.69, 9.17) is 0 Å². The van der Waals surface area contributed by atoms with Gasteiger partial charge in [0.2, 0.25) is 0 Å². The lowest BCUT2D eigenvalue weighted by Crippen LogP contribution is -2.37. The highest BCUT2D eigenvalue weighted by Gasteiger charge is 2.23. The third-order valence-corrected chi connectivity index (χ3v) is 5.28. The Balaban J connectivity index is 1.53. The SMILES string of the molecule is Cn1cccc1C(=O)N1CCCN(CC2CCCCC2)CC1. The summed E-state index contributed by atoms with van der Waals surface area (Å²) in [7, 11) is 1.94. The van der Waals surface area contributed by atoms with Gasteiger partial charge in [0.25, 0.3) is 5.91 Å². The number of nitrogens with zero attached hydrogens (tertiary/aromatic N) is 3. The molecular formula is C18H29N3O. The van der Waals surface area contributed by atoms with Crippen molar-refractivity contribution in [3.8, 4) is 0 Å². The Kier molecular flexibility index (Phi) is 5.19. The van der Waals surface area contributed by atoms with Crippen LogP contribution in [0.25, 0.3) is 0 Å². The van der Waals surface area contributed by atoms with E-state index in [1.807, 2.05) is 34.8 Å². The topological polar surface area (TPSA) is 28.5 Å². The number of aryl methyl sites for hydroxylation is 1. The normalized spacial score (nSPS) is 21.8. The molecule has 0 N–H and O–H groups in total. The van der Waals surface area contributed by atoms with Crippen molar-refractivity contribution >= 4 is 5.91 Å². The maximum absolute atomic E-state index is 12.6. The quantitative estimate of drug-likeness (QED) is 0.859. The highest BCUT2D eigenvalue weighted by atomic mass is 16.2. The van der Waals surface area contributed by atoms with E-state index in [-0.39, 0.29) is 5.91 Å². The standard InChI is InChI=1S/C18H29N3O/c1-19-10-5-9-17(19)18(22)21-12-6-11-20(13-14-21)15-16-7-3-2-4-8-16/h5,9-10,16H,2-4,6-8,11-15H2,1H3. The average Bonchev–Trinajstić information content (AvgIpc) is 2.82. The minimum absolute atomic E-state index is 0.187. The van der Waals surface area contributed by atoms with Crippen LogP contribution in [0.3, 0.4) is 0 Å². The van der Waals surface area contributed by atoms with Gasteiger partial charge in [-0.05, 0) is 43.9 Å². The molecular weight excluding hydrogens is 274 g/mol. The Hall–Kier alpha value is -1.29. The van der Waals surface area contributed by atoms with Crippen molar-refractivity contribution < 1.29 is 4.79 Å². The van der Waals surface area contributed by atoms with Gasteiger partial charge in [0.1, 0.15) is 5.69 Å². The van der Waals surface area contributed by atoms with Crippen LogP contribution in [-0.2, 0) is 7.05 Å². The molecule has 2 fully saturated rings. The summed E-state index contributed by atoms with van der Waals surface area (Å²) in [5.74, 6) is 1.08. The van der Waals surface area contributed by atoms with E-state index >= 15 is 0 Å². The molecule has 0 spiro atoms. The molecule has 4 nitrogen and oxygen atoms in total. The predicted octanol–water partition coefficient (Wildman–Crippen LogP) is 2.75. The highest BCUT2D eigenvalue weighted by molar-refractivity contribution is 5.92.